The van der Waals surface area contributed by atoms with E-state index in [9.17, 15) is 4.79 Å². The fourth-order valence-corrected chi connectivity index (χ4v) is 3.03. The number of carbonyl (C=O) groups is 1. The van der Waals surface area contributed by atoms with Crippen LogP contribution in [-0.4, -0.2) is 29.6 Å². The molecule has 0 aliphatic heterocycles. The first-order valence-corrected chi connectivity index (χ1v) is 7.22. The number of likely N-dealkylation sites (N-methyl/N-ethyl adjacent to an activating group) is 1. The number of carboxylic acids is 1. The average molecular weight is 281 g/mol. The maximum atomic E-state index is 10.8. The van der Waals surface area contributed by atoms with Crippen LogP contribution in [0.1, 0.15) is 33.0 Å². The molecule has 21 heavy (non-hydrogen) atoms. The topological polar surface area (TPSA) is 40.5 Å². The van der Waals surface area contributed by atoms with E-state index in [1.807, 2.05) is 12.1 Å². The predicted octanol–water partition coefficient (Wildman–Crippen LogP) is 3.16. The highest BCUT2D eigenvalue weighted by molar-refractivity contribution is 5.87. The first-order valence-electron chi connectivity index (χ1n) is 7.22. The van der Waals surface area contributed by atoms with Gasteiger partial charge in [-0.25, -0.2) is 4.79 Å². The minimum Gasteiger partial charge on any atom is -0.478 e. The molecular formula is C18H19NO2. The molecule has 0 spiro atoms. The van der Waals surface area contributed by atoms with Crippen LogP contribution in [0.3, 0.4) is 0 Å². The zero-order valence-electron chi connectivity index (χ0n) is 12.1. The second-order valence-corrected chi connectivity index (χ2v) is 5.80. The Kier molecular flexibility index (Phi) is 3.76. The van der Waals surface area contributed by atoms with E-state index in [2.05, 4.69) is 36.2 Å². The van der Waals surface area contributed by atoms with Crippen LogP contribution in [0.5, 0.6) is 0 Å². The Morgan fingerprint density at radius 3 is 2.57 bits per heavy atom. The van der Waals surface area contributed by atoms with Crippen molar-refractivity contribution in [2.45, 2.75) is 18.9 Å². The summed E-state index contributed by atoms with van der Waals surface area (Å²) in [6.45, 7) is 1.89. The van der Waals surface area contributed by atoms with Gasteiger partial charge in [0.25, 0.3) is 0 Å². The third-order valence-electron chi connectivity index (χ3n) is 4.15. The highest BCUT2D eigenvalue weighted by atomic mass is 16.4. The lowest BCUT2D eigenvalue weighted by atomic mass is 9.77. The number of nitrogens with zero attached hydrogens (tertiary/aromatic N) is 1. The molecule has 3 rings (SSSR count). The molecule has 3 nitrogen and oxygen atoms in total. The Hall–Kier alpha value is -2.13. The fourth-order valence-electron chi connectivity index (χ4n) is 3.03. The van der Waals surface area contributed by atoms with Gasteiger partial charge in [0, 0.05) is 19.0 Å². The molecule has 1 aliphatic carbocycles. The molecule has 0 saturated carbocycles. The first kappa shape index (κ1) is 13.8. The van der Waals surface area contributed by atoms with Crippen LogP contribution < -0.4 is 0 Å². The summed E-state index contributed by atoms with van der Waals surface area (Å²) in [4.78, 5) is 13.1. The van der Waals surface area contributed by atoms with E-state index >= 15 is 0 Å². The second-order valence-electron chi connectivity index (χ2n) is 5.80. The van der Waals surface area contributed by atoms with Crippen LogP contribution in [0.4, 0.5) is 0 Å². The average Bonchev–Trinajstić information content (AvgIpc) is 2.45. The van der Waals surface area contributed by atoms with Gasteiger partial charge in [-0.15, -0.1) is 0 Å². The molecule has 0 amide bonds. The highest BCUT2D eigenvalue weighted by Crippen LogP contribution is 2.35. The molecule has 3 heteroatoms. The van der Waals surface area contributed by atoms with Crippen molar-refractivity contribution in [1.29, 1.82) is 0 Å². The lowest BCUT2D eigenvalue weighted by Crippen LogP contribution is -2.30. The lowest BCUT2D eigenvalue weighted by molar-refractivity contribution is 0.0697. The molecular weight excluding hydrogens is 262 g/mol. The Balaban J connectivity index is 1.58. The summed E-state index contributed by atoms with van der Waals surface area (Å²) in [5.41, 5.74) is 4.44. The number of hydrogen-bond acceptors (Lipinski definition) is 2. The molecule has 108 valence electrons. The van der Waals surface area contributed by atoms with Crippen molar-refractivity contribution >= 4 is 5.97 Å². The van der Waals surface area contributed by atoms with Gasteiger partial charge in [0.2, 0.25) is 0 Å². The SMILES string of the molecule is CN(Cc1ccc(C(=O)O)cc1)CC1Cc2ccccc21. The number of carboxylic acid groups (broad SMARTS) is 1. The molecule has 1 atom stereocenters. The molecule has 0 fully saturated rings. The third-order valence-corrected chi connectivity index (χ3v) is 4.15. The zero-order valence-corrected chi connectivity index (χ0v) is 12.1. The first-order chi connectivity index (χ1) is 10.1. The summed E-state index contributed by atoms with van der Waals surface area (Å²) in [5, 5.41) is 8.90. The van der Waals surface area contributed by atoms with Crippen molar-refractivity contribution in [2.75, 3.05) is 13.6 Å². The van der Waals surface area contributed by atoms with E-state index in [1.54, 1.807) is 12.1 Å². The molecule has 1 aliphatic rings. The summed E-state index contributed by atoms with van der Waals surface area (Å²) >= 11 is 0. The summed E-state index contributed by atoms with van der Waals surface area (Å²) in [7, 11) is 2.12. The zero-order chi connectivity index (χ0) is 14.8. The standard InChI is InChI=1S/C18H19NO2/c1-19(11-13-6-8-14(9-7-13)18(20)21)12-16-10-15-4-2-3-5-17(15)16/h2-9,16H,10-12H2,1H3,(H,20,21). The van der Waals surface area contributed by atoms with E-state index in [-0.39, 0.29) is 0 Å². The van der Waals surface area contributed by atoms with E-state index < -0.39 is 5.97 Å². The normalized spacial score (nSPS) is 16.4. The third kappa shape index (κ3) is 2.98. The number of rotatable bonds is 5. The van der Waals surface area contributed by atoms with Crippen molar-refractivity contribution in [2.24, 2.45) is 0 Å². The van der Waals surface area contributed by atoms with Crippen LogP contribution >= 0.6 is 0 Å². The van der Waals surface area contributed by atoms with Crippen molar-refractivity contribution in [3.8, 4) is 0 Å². The molecule has 0 aromatic heterocycles. The van der Waals surface area contributed by atoms with Crippen molar-refractivity contribution < 1.29 is 9.90 Å². The van der Waals surface area contributed by atoms with Gasteiger partial charge in [-0.1, -0.05) is 36.4 Å². The molecule has 2 aromatic rings. The van der Waals surface area contributed by atoms with Crippen molar-refractivity contribution in [1.82, 2.24) is 4.90 Å². The van der Waals surface area contributed by atoms with E-state index in [0.29, 0.717) is 11.5 Å². The maximum absolute atomic E-state index is 10.8. The van der Waals surface area contributed by atoms with Gasteiger partial charge in [0.15, 0.2) is 0 Å². The number of fused-ring (bicyclic) bond motifs is 1. The lowest BCUT2D eigenvalue weighted by Gasteiger charge is -2.33. The number of benzene rings is 2. The summed E-state index contributed by atoms with van der Waals surface area (Å²) in [5.74, 6) is -0.245. The highest BCUT2D eigenvalue weighted by Gasteiger charge is 2.26. The molecule has 0 heterocycles. The summed E-state index contributed by atoms with van der Waals surface area (Å²) in [6.07, 6.45) is 1.17. The molecule has 1 unspecified atom stereocenters. The van der Waals surface area contributed by atoms with Crippen LogP contribution in [-0.2, 0) is 13.0 Å². The van der Waals surface area contributed by atoms with Gasteiger partial charge in [-0.05, 0) is 42.3 Å². The Morgan fingerprint density at radius 1 is 1.19 bits per heavy atom. The smallest absolute Gasteiger partial charge is 0.335 e. The Morgan fingerprint density at radius 2 is 1.90 bits per heavy atom. The van der Waals surface area contributed by atoms with Crippen LogP contribution in [0.15, 0.2) is 48.5 Å². The predicted molar refractivity (Wildman–Crippen MR) is 82.6 cm³/mol. The summed E-state index contributed by atoms with van der Waals surface area (Å²) < 4.78 is 0. The minimum absolute atomic E-state index is 0.342. The summed E-state index contributed by atoms with van der Waals surface area (Å²) in [6, 6.07) is 15.8. The Labute approximate surface area is 124 Å². The monoisotopic (exact) mass is 281 g/mol. The van der Waals surface area contributed by atoms with Gasteiger partial charge in [-0.3, -0.25) is 0 Å². The fraction of sp³-hybridized carbons (Fsp3) is 0.278. The van der Waals surface area contributed by atoms with Gasteiger partial charge in [-0.2, -0.15) is 0 Å². The van der Waals surface area contributed by atoms with Gasteiger partial charge in [0.1, 0.15) is 0 Å². The van der Waals surface area contributed by atoms with E-state index in [0.717, 1.165) is 18.7 Å². The van der Waals surface area contributed by atoms with Crippen LogP contribution in [0.25, 0.3) is 0 Å². The maximum Gasteiger partial charge on any atom is 0.335 e. The van der Waals surface area contributed by atoms with E-state index in [4.69, 9.17) is 5.11 Å². The second kappa shape index (κ2) is 5.70. The van der Waals surface area contributed by atoms with Crippen LogP contribution in [0.2, 0.25) is 0 Å². The minimum atomic E-state index is -0.874. The molecule has 2 aromatic carbocycles. The molecule has 0 radical (unpaired) electrons. The van der Waals surface area contributed by atoms with Crippen LogP contribution in [0, 0.1) is 0 Å². The van der Waals surface area contributed by atoms with Gasteiger partial charge in [0.05, 0.1) is 5.56 Å². The molecule has 1 N–H and O–H groups in total. The number of hydrogen-bond donors (Lipinski definition) is 1. The largest absolute Gasteiger partial charge is 0.478 e. The molecule has 0 saturated heterocycles. The van der Waals surface area contributed by atoms with Gasteiger partial charge < -0.3 is 10.0 Å². The van der Waals surface area contributed by atoms with E-state index in [1.165, 1.54) is 17.5 Å². The Bertz CT molecular complexity index is 649. The van der Waals surface area contributed by atoms with Crippen molar-refractivity contribution in [3.63, 3.8) is 0 Å². The van der Waals surface area contributed by atoms with Crippen molar-refractivity contribution in [3.05, 3.63) is 70.8 Å². The number of aromatic carboxylic acids is 1. The molecule has 0 bridgehead atoms. The van der Waals surface area contributed by atoms with Gasteiger partial charge >= 0.3 is 5.97 Å². The quantitative estimate of drug-likeness (QED) is 0.915.